The first-order valence-electron chi connectivity index (χ1n) is 14.8. The molecular weight excluding hydrogens is 490 g/mol. The Bertz CT molecular complexity index is 941. The molecule has 0 bridgehead atoms. The van der Waals surface area contributed by atoms with Crippen LogP contribution in [-0.4, -0.2) is 53.6 Å². The lowest BCUT2D eigenvalue weighted by atomic mass is 9.41. The van der Waals surface area contributed by atoms with Crippen LogP contribution in [0.25, 0.3) is 0 Å². The van der Waals surface area contributed by atoms with Crippen molar-refractivity contribution in [1.29, 1.82) is 0 Å². The number of nitrogens with one attached hydrogen (secondary N) is 1. The van der Waals surface area contributed by atoms with Crippen LogP contribution >= 0.6 is 0 Å². The third-order valence-corrected chi connectivity index (χ3v) is 12.7. The lowest BCUT2D eigenvalue weighted by molar-refractivity contribution is -0.203. The van der Waals surface area contributed by atoms with Gasteiger partial charge < -0.3 is 15.5 Å². The molecule has 4 aliphatic rings. The third kappa shape index (κ3) is 5.38. The SMILES string of the molecule is CC[C@H]1[C@H](O)C2C3CC[C@H]([C@@H](C)C[C@@H](C)C(=O)NCCS(=O)(=O)O)[C@@]3(C)CCC2[C@@]2(C)CC[C@@H](O)C[C@@H]12. The molecule has 0 heterocycles. The second kappa shape index (κ2) is 10.7. The van der Waals surface area contributed by atoms with Gasteiger partial charge in [0.1, 0.15) is 0 Å². The van der Waals surface area contributed by atoms with Gasteiger partial charge in [-0.2, -0.15) is 8.42 Å². The zero-order valence-electron chi connectivity index (χ0n) is 23.5. The molecule has 0 radical (unpaired) electrons. The number of carbonyl (C=O) groups excluding carboxylic acids is 1. The molecule has 0 aromatic carbocycles. The maximum absolute atomic E-state index is 12.6. The quantitative estimate of drug-likeness (QED) is 0.340. The molecule has 12 atom stereocenters. The molecule has 4 saturated carbocycles. The predicted molar refractivity (Wildman–Crippen MR) is 144 cm³/mol. The van der Waals surface area contributed by atoms with Gasteiger partial charge in [-0.25, -0.2) is 0 Å². The minimum Gasteiger partial charge on any atom is -0.393 e. The zero-order chi connectivity index (χ0) is 27.3. The molecule has 4 rings (SSSR count). The topological polar surface area (TPSA) is 124 Å². The van der Waals surface area contributed by atoms with Gasteiger partial charge in [0.2, 0.25) is 5.91 Å². The van der Waals surface area contributed by atoms with Crippen molar-refractivity contribution in [3.8, 4) is 0 Å². The van der Waals surface area contributed by atoms with E-state index < -0.39 is 15.9 Å². The van der Waals surface area contributed by atoms with Crippen molar-refractivity contribution in [2.45, 2.75) is 105 Å². The maximum Gasteiger partial charge on any atom is 0.266 e. The molecular formula is C29H51NO6S. The molecule has 0 aromatic heterocycles. The van der Waals surface area contributed by atoms with Crippen molar-refractivity contribution in [3.05, 3.63) is 0 Å². The Hall–Kier alpha value is -0.700. The normalized spacial score (nSPS) is 45.3. The molecule has 4 fully saturated rings. The number of fused-ring (bicyclic) bond motifs is 5. The fourth-order valence-corrected chi connectivity index (χ4v) is 10.6. The van der Waals surface area contributed by atoms with Gasteiger partial charge in [0.15, 0.2) is 0 Å². The second-order valence-electron chi connectivity index (χ2n) is 13.8. The number of hydrogen-bond acceptors (Lipinski definition) is 5. The van der Waals surface area contributed by atoms with Gasteiger partial charge >= 0.3 is 0 Å². The van der Waals surface area contributed by atoms with E-state index in [2.05, 4.69) is 33.0 Å². The molecule has 4 N–H and O–H groups in total. The molecule has 0 spiro atoms. The Morgan fingerprint density at radius 2 is 1.65 bits per heavy atom. The first kappa shape index (κ1) is 29.3. The number of amides is 1. The lowest BCUT2D eigenvalue weighted by Gasteiger charge is -2.64. The Labute approximate surface area is 224 Å². The summed E-state index contributed by atoms with van der Waals surface area (Å²) in [7, 11) is -4.09. The van der Waals surface area contributed by atoms with Gasteiger partial charge in [0.25, 0.3) is 10.1 Å². The lowest BCUT2D eigenvalue weighted by Crippen LogP contribution is -2.62. The third-order valence-electron chi connectivity index (χ3n) is 12.0. The molecule has 8 heteroatoms. The molecule has 0 saturated heterocycles. The Morgan fingerprint density at radius 1 is 1.00 bits per heavy atom. The van der Waals surface area contributed by atoms with E-state index in [0.717, 1.165) is 57.8 Å². The first-order valence-corrected chi connectivity index (χ1v) is 16.4. The number of carbonyl (C=O) groups is 1. The molecule has 37 heavy (non-hydrogen) atoms. The molecule has 4 aliphatic carbocycles. The molecule has 0 aliphatic heterocycles. The van der Waals surface area contributed by atoms with Crippen molar-refractivity contribution >= 4 is 16.0 Å². The largest absolute Gasteiger partial charge is 0.393 e. The van der Waals surface area contributed by atoms with Crippen LogP contribution in [0.2, 0.25) is 0 Å². The predicted octanol–water partition coefficient (Wildman–Crippen LogP) is 4.28. The summed E-state index contributed by atoms with van der Waals surface area (Å²) in [6.07, 6.45) is 8.54. The van der Waals surface area contributed by atoms with Gasteiger partial charge in [-0.1, -0.05) is 41.0 Å². The molecule has 7 nitrogen and oxygen atoms in total. The minimum absolute atomic E-state index is 0.0735. The molecule has 3 unspecified atom stereocenters. The number of rotatable bonds is 8. The van der Waals surface area contributed by atoms with E-state index in [0.29, 0.717) is 35.5 Å². The van der Waals surface area contributed by atoms with Crippen molar-refractivity contribution in [2.24, 2.45) is 58.2 Å². The summed E-state index contributed by atoms with van der Waals surface area (Å²) >= 11 is 0. The maximum atomic E-state index is 12.6. The summed E-state index contributed by atoms with van der Waals surface area (Å²) < 4.78 is 30.8. The summed E-state index contributed by atoms with van der Waals surface area (Å²) in [4.78, 5) is 12.6. The monoisotopic (exact) mass is 541 g/mol. The first-order chi connectivity index (χ1) is 17.2. The summed E-state index contributed by atoms with van der Waals surface area (Å²) in [6.45, 7) is 11.2. The van der Waals surface area contributed by atoms with Crippen LogP contribution in [0.5, 0.6) is 0 Å². The average molecular weight is 542 g/mol. The molecule has 1 amide bonds. The number of hydrogen-bond donors (Lipinski definition) is 4. The van der Waals surface area contributed by atoms with Crippen LogP contribution in [0.3, 0.4) is 0 Å². The van der Waals surface area contributed by atoms with Crippen molar-refractivity contribution in [3.63, 3.8) is 0 Å². The molecule has 0 aromatic rings. The van der Waals surface area contributed by atoms with Crippen molar-refractivity contribution in [2.75, 3.05) is 12.3 Å². The number of aliphatic hydroxyl groups is 2. The fraction of sp³-hybridized carbons (Fsp3) is 0.966. The summed E-state index contributed by atoms with van der Waals surface area (Å²) in [5, 5.41) is 25.0. The van der Waals surface area contributed by atoms with Gasteiger partial charge in [0.05, 0.1) is 18.0 Å². The van der Waals surface area contributed by atoms with Crippen molar-refractivity contribution in [1.82, 2.24) is 5.32 Å². The highest BCUT2D eigenvalue weighted by Crippen LogP contribution is 2.69. The Balaban J connectivity index is 1.47. The smallest absolute Gasteiger partial charge is 0.266 e. The van der Waals surface area contributed by atoms with Gasteiger partial charge in [-0.3, -0.25) is 9.35 Å². The Morgan fingerprint density at radius 3 is 2.30 bits per heavy atom. The van der Waals surface area contributed by atoms with Gasteiger partial charge in [-0.15, -0.1) is 0 Å². The van der Waals surface area contributed by atoms with Crippen LogP contribution in [0.1, 0.15) is 92.4 Å². The van der Waals surface area contributed by atoms with E-state index >= 15 is 0 Å². The van der Waals surface area contributed by atoms with E-state index in [9.17, 15) is 23.4 Å². The van der Waals surface area contributed by atoms with E-state index in [1.54, 1.807) is 0 Å². The fourth-order valence-electron chi connectivity index (χ4n) is 10.2. The van der Waals surface area contributed by atoms with Crippen molar-refractivity contribution < 1.29 is 28.0 Å². The highest BCUT2D eigenvalue weighted by molar-refractivity contribution is 7.85. The summed E-state index contributed by atoms with van der Waals surface area (Å²) in [5.74, 6) is 1.98. The Kier molecular flexibility index (Phi) is 8.47. The highest BCUT2D eigenvalue weighted by atomic mass is 32.2. The number of aliphatic hydroxyl groups excluding tert-OH is 2. The zero-order valence-corrected chi connectivity index (χ0v) is 24.3. The highest BCUT2D eigenvalue weighted by Gasteiger charge is 2.64. The van der Waals surface area contributed by atoms with Crippen LogP contribution in [0, 0.1) is 58.2 Å². The summed E-state index contributed by atoms with van der Waals surface area (Å²) in [5.41, 5.74) is 0.349. The minimum atomic E-state index is -4.09. The second-order valence-corrected chi connectivity index (χ2v) is 15.4. The standard InChI is InChI=1S/C29H51NO6S/c1-6-20-24-16-19(31)9-11-29(24,5)23-10-12-28(4)21(7-8-22(28)25(23)26(20)32)17(2)15-18(3)27(33)30-13-14-37(34,35)36/h17-26,31-32H,6-16H2,1-5H3,(H,30,33)(H,34,35,36)/t17-,18+,19+,20+,21+,22?,23?,24-,25?,26-,28+,29+/m0/s1. The van der Waals surface area contributed by atoms with Crippen LogP contribution in [0.4, 0.5) is 0 Å². The average Bonchev–Trinajstić information content (AvgIpc) is 3.16. The molecule has 214 valence electrons. The van der Waals surface area contributed by atoms with Gasteiger partial charge in [0, 0.05) is 12.5 Å². The van der Waals surface area contributed by atoms with Crippen LogP contribution in [0.15, 0.2) is 0 Å². The summed E-state index contributed by atoms with van der Waals surface area (Å²) in [6, 6.07) is 0. The van der Waals surface area contributed by atoms with E-state index in [1.807, 2.05) is 6.92 Å². The van der Waals surface area contributed by atoms with Gasteiger partial charge in [-0.05, 0) is 104 Å². The van der Waals surface area contributed by atoms with E-state index in [4.69, 9.17) is 4.55 Å². The van der Waals surface area contributed by atoms with E-state index in [-0.39, 0.29) is 47.3 Å². The van der Waals surface area contributed by atoms with E-state index in [1.165, 1.54) is 0 Å². The van der Waals surface area contributed by atoms with Crippen LogP contribution < -0.4 is 5.32 Å². The van der Waals surface area contributed by atoms with Crippen LogP contribution in [-0.2, 0) is 14.9 Å².